The fraction of sp³-hybridized carbons (Fsp3) is 0.417. The average Bonchev–Trinajstić information content (AvgIpc) is 4.08. The van der Waals surface area contributed by atoms with Crippen molar-refractivity contribution in [2.24, 2.45) is 0 Å². The zero-order valence-electron chi connectivity index (χ0n) is 36.8. The van der Waals surface area contributed by atoms with Gasteiger partial charge in [0.25, 0.3) is 0 Å². The summed E-state index contributed by atoms with van der Waals surface area (Å²) >= 11 is 0. The average molecular weight is 1000 g/mol. The number of nitrogens with one attached hydrogen (secondary N) is 2. The Labute approximate surface area is 392 Å². The quantitative estimate of drug-likeness (QED) is 0.137. The van der Waals surface area contributed by atoms with Gasteiger partial charge in [-0.2, -0.15) is 52.7 Å². The molecule has 0 saturated carbocycles. The zero-order valence-corrected chi connectivity index (χ0v) is 36.8. The second-order valence-electron chi connectivity index (χ2n) is 17.5. The maximum Gasteiger partial charge on any atom is 0.416 e. The van der Waals surface area contributed by atoms with Crippen molar-refractivity contribution in [1.29, 1.82) is 0 Å². The van der Waals surface area contributed by atoms with E-state index in [1.54, 1.807) is 60.7 Å². The van der Waals surface area contributed by atoms with Crippen LogP contribution in [0.1, 0.15) is 83.0 Å². The van der Waals surface area contributed by atoms with Gasteiger partial charge in [0.15, 0.2) is 0 Å². The third-order valence-electron chi connectivity index (χ3n) is 12.6. The number of rotatable bonds is 12. The summed E-state index contributed by atoms with van der Waals surface area (Å²) in [5.41, 5.74) is -7.19. The van der Waals surface area contributed by atoms with Crippen LogP contribution in [0, 0.1) is 0 Å². The minimum atomic E-state index is -4.96. The first kappa shape index (κ1) is 51.7. The lowest BCUT2D eigenvalue weighted by Gasteiger charge is -2.30. The lowest BCUT2D eigenvalue weighted by molar-refractivity contribution is -0.144. The Balaban J connectivity index is 0.000000206. The van der Waals surface area contributed by atoms with Gasteiger partial charge < -0.3 is 29.9 Å². The normalized spacial score (nSPS) is 23.1. The molecule has 4 amide bonds. The maximum atomic E-state index is 13.2. The Hall–Kier alpha value is -6.16. The largest absolute Gasteiger partial charge is 0.416 e. The summed E-state index contributed by atoms with van der Waals surface area (Å²) in [6.45, 7) is -0.618. The monoisotopic (exact) mass is 1000 g/mol. The molecule has 4 fully saturated rings. The van der Waals surface area contributed by atoms with Crippen LogP contribution in [0.25, 0.3) is 0 Å². The van der Waals surface area contributed by atoms with E-state index in [-0.39, 0.29) is 72.9 Å². The van der Waals surface area contributed by atoms with E-state index in [9.17, 15) is 71.9 Å². The molecule has 0 radical (unpaired) electrons. The van der Waals surface area contributed by atoms with E-state index < -0.39 is 83.3 Å². The molecule has 376 valence electrons. The maximum absolute atomic E-state index is 13.2. The van der Waals surface area contributed by atoms with Gasteiger partial charge in [-0.15, -0.1) is 0 Å². The molecule has 8 rings (SSSR count). The molecule has 10 nitrogen and oxygen atoms in total. The van der Waals surface area contributed by atoms with Gasteiger partial charge >= 0.3 is 24.7 Å². The van der Waals surface area contributed by atoms with Crippen LogP contribution in [0.3, 0.4) is 0 Å². The van der Waals surface area contributed by atoms with Gasteiger partial charge in [0.2, 0.25) is 23.6 Å². The summed E-state index contributed by atoms with van der Waals surface area (Å²) < 4.78 is 169. The molecule has 0 aliphatic carbocycles. The minimum absolute atomic E-state index is 0.0593. The minimum Gasteiger partial charge on any atom is -0.374 e. The number of carbonyl (C=O) groups excluding carboxylic acids is 4. The van der Waals surface area contributed by atoms with Crippen LogP contribution in [0.5, 0.6) is 0 Å². The predicted molar refractivity (Wildman–Crippen MR) is 223 cm³/mol. The van der Waals surface area contributed by atoms with Gasteiger partial charge in [0, 0.05) is 38.8 Å². The van der Waals surface area contributed by atoms with Crippen LogP contribution in [-0.4, -0.2) is 71.8 Å². The molecule has 4 saturated heterocycles. The zero-order chi connectivity index (χ0) is 50.9. The lowest BCUT2D eigenvalue weighted by Crippen LogP contribution is -2.43. The molecule has 70 heavy (non-hydrogen) atoms. The lowest BCUT2D eigenvalue weighted by atomic mass is 9.88. The molecule has 4 aliphatic rings. The van der Waals surface area contributed by atoms with E-state index in [1.165, 1.54) is 9.80 Å². The Kier molecular flexibility index (Phi) is 14.7. The van der Waals surface area contributed by atoms with Crippen molar-refractivity contribution in [2.75, 3.05) is 26.3 Å². The second kappa shape index (κ2) is 19.9. The molecule has 4 atom stereocenters. The third-order valence-corrected chi connectivity index (χ3v) is 12.6. The van der Waals surface area contributed by atoms with Crippen molar-refractivity contribution in [3.8, 4) is 0 Å². The van der Waals surface area contributed by atoms with Crippen LogP contribution in [0.4, 0.5) is 52.7 Å². The Morgan fingerprint density at radius 2 is 0.800 bits per heavy atom. The van der Waals surface area contributed by atoms with Crippen molar-refractivity contribution < 1.29 is 81.3 Å². The van der Waals surface area contributed by atoms with Gasteiger partial charge in [-0.05, 0) is 71.5 Å². The molecule has 0 bridgehead atoms. The van der Waals surface area contributed by atoms with Crippen LogP contribution >= 0.6 is 0 Å². The highest BCUT2D eigenvalue weighted by atomic mass is 19.4. The topological polar surface area (TPSA) is 117 Å². The molecule has 4 heterocycles. The summed E-state index contributed by atoms with van der Waals surface area (Å²) in [4.78, 5) is 53.1. The number of hydrogen-bond donors (Lipinski definition) is 2. The van der Waals surface area contributed by atoms with Crippen molar-refractivity contribution in [3.63, 3.8) is 0 Å². The molecular formula is C48H44F12N4O6. The highest BCUT2D eigenvalue weighted by Gasteiger charge is 2.51. The first-order valence-electron chi connectivity index (χ1n) is 21.8. The molecule has 2 N–H and O–H groups in total. The number of hydrogen-bond acceptors (Lipinski definition) is 6. The molecule has 0 unspecified atom stereocenters. The van der Waals surface area contributed by atoms with E-state index in [2.05, 4.69) is 10.6 Å². The van der Waals surface area contributed by atoms with Crippen LogP contribution in [-0.2, 0) is 77.6 Å². The van der Waals surface area contributed by atoms with Gasteiger partial charge in [0.1, 0.15) is 12.1 Å². The number of likely N-dealkylation sites (tertiary alicyclic amines) is 2. The van der Waals surface area contributed by atoms with Crippen molar-refractivity contribution >= 4 is 23.6 Å². The molecule has 0 aromatic heterocycles. The number of carbonyl (C=O) groups is 4. The molecular weight excluding hydrogens is 957 g/mol. The van der Waals surface area contributed by atoms with Crippen molar-refractivity contribution in [2.45, 2.75) is 99.6 Å². The van der Waals surface area contributed by atoms with Crippen LogP contribution in [0.2, 0.25) is 0 Å². The van der Waals surface area contributed by atoms with E-state index in [0.717, 1.165) is 0 Å². The molecule has 0 spiro atoms. The van der Waals surface area contributed by atoms with E-state index >= 15 is 0 Å². The number of amides is 4. The van der Waals surface area contributed by atoms with Crippen LogP contribution < -0.4 is 10.6 Å². The standard InChI is InChI=1S/2C24H22F6N2O3/c2*25-23(26,27)17-9-15(10-18(11-17)24(28,29)30)13-35-14-22(16-5-2-1-3-6-16)12-19(21(34)31-22)32-8-4-7-20(32)33/h2*1-3,5-6,9-11,19H,4,7-8,12-14H2,(H,31,34)/t19-,22+;19-,22-/m01/s1. The summed E-state index contributed by atoms with van der Waals surface area (Å²) in [7, 11) is 0. The molecule has 4 aromatic carbocycles. The fourth-order valence-corrected chi connectivity index (χ4v) is 9.23. The van der Waals surface area contributed by atoms with E-state index in [0.29, 0.717) is 74.2 Å². The first-order valence-corrected chi connectivity index (χ1v) is 21.8. The Morgan fingerprint density at radius 3 is 1.07 bits per heavy atom. The van der Waals surface area contributed by atoms with Gasteiger partial charge in [-0.1, -0.05) is 60.7 Å². The smallest absolute Gasteiger partial charge is 0.374 e. The van der Waals surface area contributed by atoms with Crippen molar-refractivity contribution in [1.82, 2.24) is 20.4 Å². The van der Waals surface area contributed by atoms with E-state index in [4.69, 9.17) is 9.47 Å². The summed E-state index contributed by atoms with van der Waals surface area (Å²) in [5.74, 6) is -1.05. The number of halogens is 12. The number of alkyl halides is 12. The van der Waals surface area contributed by atoms with E-state index in [1.807, 2.05) is 0 Å². The predicted octanol–water partition coefficient (Wildman–Crippen LogP) is 9.29. The molecule has 4 aromatic rings. The number of nitrogens with zero attached hydrogens (tertiary/aromatic N) is 2. The fourth-order valence-electron chi connectivity index (χ4n) is 9.23. The number of benzene rings is 4. The highest BCUT2D eigenvalue weighted by Crippen LogP contribution is 2.41. The molecule has 22 heteroatoms. The summed E-state index contributed by atoms with van der Waals surface area (Å²) in [6, 6.07) is 18.5. The summed E-state index contributed by atoms with van der Waals surface area (Å²) in [6.07, 6.45) is -17.6. The van der Waals surface area contributed by atoms with Gasteiger partial charge in [0.05, 0.1) is 59.8 Å². The van der Waals surface area contributed by atoms with Crippen molar-refractivity contribution in [3.05, 3.63) is 142 Å². The number of ether oxygens (including phenoxy) is 2. The summed E-state index contributed by atoms with van der Waals surface area (Å²) in [5, 5.41) is 5.74. The Morgan fingerprint density at radius 1 is 0.486 bits per heavy atom. The van der Waals surface area contributed by atoms with Gasteiger partial charge in [-0.25, -0.2) is 0 Å². The van der Waals surface area contributed by atoms with Crippen LogP contribution in [0.15, 0.2) is 97.1 Å². The molecule has 4 aliphatic heterocycles. The second-order valence-corrected chi connectivity index (χ2v) is 17.5. The highest BCUT2D eigenvalue weighted by molar-refractivity contribution is 5.92. The SMILES string of the molecule is O=C1N[C@](COCc2cc(C(F)(F)F)cc(C(F)(F)F)c2)(c2ccccc2)C[C@@H]1N1CCCC1=O.O=C1N[C@](COCc2cc(C(F)(F)F)cc(C(F)(F)F)c2)(c2ccccc2)C[C@H]1N1CCCC1=O. The Bertz CT molecular complexity index is 2320. The first-order chi connectivity index (χ1) is 32.8. The third kappa shape index (κ3) is 11.7. The van der Waals surface area contributed by atoms with Gasteiger partial charge in [-0.3, -0.25) is 19.2 Å².